The number of benzene rings is 2. The first-order valence-corrected chi connectivity index (χ1v) is 14.2. The van der Waals surface area contributed by atoms with Gasteiger partial charge < -0.3 is 30.7 Å². The zero-order valence-corrected chi connectivity index (χ0v) is 24.4. The molecule has 1 amide bonds. The Balaban J connectivity index is 1.19. The first-order chi connectivity index (χ1) is 19.9. The van der Waals surface area contributed by atoms with Crippen LogP contribution in [-0.4, -0.2) is 90.1 Å². The molecule has 2 aromatic heterocycles. The summed E-state index contributed by atoms with van der Waals surface area (Å²) >= 11 is 6.52. The number of rotatable bonds is 10. The minimum atomic E-state index is -0.0779. The number of hydrogen-bond donors (Lipinski definition) is 4. The highest BCUT2D eigenvalue weighted by Gasteiger charge is 2.27. The van der Waals surface area contributed by atoms with Crippen LogP contribution >= 0.6 is 11.6 Å². The second kappa shape index (κ2) is 13.2. The van der Waals surface area contributed by atoms with Crippen LogP contribution in [0.25, 0.3) is 22.2 Å². The average Bonchev–Trinajstić information content (AvgIpc) is 3.38. The van der Waals surface area contributed by atoms with Crippen molar-refractivity contribution in [2.45, 2.75) is 18.5 Å². The SMILES string of the molecule is CN(C)C/C=C/CNc1ccc(C(=O)N[C@H]2C[C@@H](Nc3ncc(Cl)c(-c4c[nH]c5ccccc45)n3)CN(C)C2)cc1. The number of para-hydroxylation sites is 1. The maximum absolute atomic E-state index is 13.1. The van der Waals surface area contributed by atoms with Gasteiger partial charge in [0.25, 0.3) is 5.91 Å². The number of halogens is 1. The Hall–Kier alpha value is -3.92. The van der Waals surface area contributed by atoms with Crippen molar-refractivity contribution in [3.05, 3.63) is 83.7 Å². The van der Waals surface area contributed by atoms with Crippen LogP contribution in [0.15, 0.2) is 73.1 Å². The maximum atomic E-state index is 13.1. The van der Waals surface area contributed by atoms with Gasteiger partial charge in [-0.25, -0.2) is 9.97 Å². The molecular formula is C31H37ClN8O. The molecule has 5 rings (SSSR count). The molecule has 0 bridgehead atoms. The molecule has 2 atom stereocenters. The van der Waals surface area contributed by atoms with Crippen LogP contribution in [0, 0.1) is 0 Å². The smallest absolute Gasteiger partial charge is 0.251 e. The zero-order valence-electron chi connectivity index (χ0n) is 23.7. The van der Waals surface area contributed by atoms with Crippen LogP contribution in [-0.2, 0) is 0 Å². The van der Waals surface area contributed by atoms with Gasteiger partial charge in [-0.15, -0.1) is 0 Å². The Kier molecular flexibility index (Phi) is 9.18. The number of fused-ring (bicyclic) bond motifs is 1. The third-order valence-corrected chi connectivity index (χ3v) is 7.38. The third-order valence-electron chi connectivity index (χ3n) is 7.10. The van der Waals surface area contributed by atoms with Gasteiger partial charge in [-0.2, -0.15) is 0 Å². The Bertz CT molecular complexity index is 1500. The van der Waals surface area contributed by atoms with E-state index in [0.29, 0.717) is 22.2 Å². The number of nitrogens with zero attached hydrogens (tertiary/aromatic N) is 4. The van der Waals surface area contributed by atoms with Gasteiger partial charge in [0.2, 0.25) is 5.95 Å². The van der Waals surface area contributed by atoms with Gasteiger partial charge in [0.1, 0.15) is 0 Å². The van der Waals surface area contributed by atoms with Crippen molar-refractivity contribution in [3.63, 3.8) is 0 Å². The average molecular weight is 573 g/mol. The maximum Gasteiger partial charge on any atom is 0.251 e. The number of hydrogen-bond acceptors (Lipinski definition) is 7. The molecule has 0 saturated carbocycles. The number of aromatic amines is 1. The molecule has 214 valence electrons. The number of amides is 1. The molecule has 9 nitrogen and oxygen atoms in total. The third kappa shape index (κ3) is 7.43. The monoisotopic (exact) mass is 572 g/mol. The summed E-state index contributed by atoms with van der Waals surface area (Å²) in [5.41, 5.74) is 4.26. The van der Waals surface area contributed by atoms with E-state index in [0.717, 1.165) is 54.8 Å². The van der Waals surface area contributed by atoms with Crippen molar-refractivity contribution in [1.82, 2.24) is 30.1 Å². The van der Waals surface area contributed by atoms with Crippen molar-refractivity contribution in [2.75, 3.05) is 58.0 Å². The molecule has 0 unspecified atom stereocenters. The number of carbonyl (C=O) groups excluding carboxylic acids is 1. The molecule has 4 aromatic rings. The summed E-state index contributed by atoms with van der Waals surface area (Å²) in [5, 5.41) is 11.6. The van der Waals surface area contributed by atoms with E-state index >= 15 is 0 Å². The highest BCUT2D eigenvalue weighted by Crippen LogP contribution is 2.32. The Morgan fingerprint density at radius 1 is 1.12 bits per heavy atom. The predicted octanol–water partition coefficient (Wildman–Crippen LogP) is 4.72. The molecule has 2 aromatic carbocycles. The fourth-order valence-corrected chi connectivity index (χ4v) is 5.35. The van der Waals surface area contributed by atoms with Crippen molar-refractivity contribution < 1.29 is 4.79 Å². The minimum absolute atomic E-state index is 0.0150. The number of nitrogens with one attached hydrogen (secondary N) is 4. The molecule has 41 heavy (non-hydrogen) atoms. The second-order valence-corrected chi connectivity index (χ2v) is 11.2. The van der Waals surface area contributed by atoms with E-state index in [1.54, 1.807) is 6.20 Å². The van der Waals surface area contributed by atoms with Crippen molar-refractivity contribution in [2.24, 2.45) is 0 Å². The fraction of sp³-hybridized carbons (Fsp3) is 0.323. The van der Waals surface area contributed by atoms with Gasteiger partial charge in [-0.3, -0.25) is 4.79 Å². The van der Waals surface area contributed by atoms with E-state index in [4.69, 9.17) is 16.6 Å². The van der Waals surface area contributed by atoms with Crippen LogP contribution in [0.2, 0.25) is 5.02 Å². The first-order valence-electron chi connectivity index (χ1n) is 13.8. The van der Waals surface area contributed by atoms with Crippen molar-refractivity contribution >= 4 is 40.0 Å². The Morgan fingerprint density at radius 2 is 1.90 bits per heavy atom. The van der Waals surface area contributed by atoms with Gasteiger partial charge in [0, 0.05) is 72.2 Å². The quantitative estimate of drug-likeness (QED) is 0.204. The number of likely N-dealkylation sites (N-methyl/N-ethyl adjacent to an activating group) is 2. The molecule has 10 heteroatoms. The zero-order chi connectivity index (χ0) is 28.8. The predicted molar refractivity (Wildman–Crippen MR) is 168 cm³/mol. The molecule has 1 aliphatic rings. The number of anilines is 2. The Labute approximate surface area is 246 Å². The normalized spacial score (nSPS) is 17.8. The van der Waals surface area contributed by atoms with Crippen LogP contribution in [0.5, 0.6) is 0 Å². The first kappa shape index (κ1) is 28.6. The van der Waals surface area contributed by atoms with Gasteiger partial charge in [0.05, 0.1) is 16.9 Å². The van der Waals surface area contributed by atoms with Gasteiger partial charge in [0.15, 0.2) is 0 Å². The molecule has 0 spiro atoms. The van der Waals surface area contributed by atoms with Gasteiger partial charge >= 0.3 is 0 Å². The number of piperidine rings is 1. The van der Waals surface area contributed by atoms with Crippen LogP contribution < -0.4 is 16.0 Å². The molecule has 1 aliphatic heterocycles. The fourth-order valence-electron chi connectivity index (χ4n) is 5.16. The number of carbonyl (C=O) groups is 1. The molecule has 0 radical (unpaired) electrons. The van der Waals surface area contributed by atoms with E-state index in [-0.39, 0.29) is 18.0 Å². The van der Waals surface area contributed by atoms with Crippen LogP contribution in [0.3, 0.4) is 0 Å². The summed E-state index contributed by atoms with van der Waals surface area (Å²) in [6, 6.07) is 15.7. The van der Waals surface area contributed by atoms with Gasteiger partial charge in [-0.05, 0) is 57.9 Å². The number of aromatic nitrogens is 3. The highest BCUT2D eigenvalue weighted by atomic mass is 35.5. The van der Waals surface area contributed by atoms with E-state index < -0.39 is 0 Å². The number of likely N-dealkylation sites (tertiary alicyclic amines) is 1. The summed E-state index contributed by atoms with van der Waals surface area (Å²) in [4.78, 5) is 29.9. The van der Waals surface area contributed by atoms with Gasteiger partial charge in [-0.1, -0.05) is 42.0 Å². The largest absolute Gasteiger partial charge is 0.382 e. The lowest BCUT2D eigenvalue weighted by atomic mass is 10.0. The summed E-state index contributed by atoms with van der Waals surface area (Å²) in [6.07, 6.45) is 8.54. The van der Waals surface area contributed by atoms with E-state index in [9.17, 15) is 4.79 Å². The standard InChI is InChI=1S/C31H37ClN8O/c1-39(2)15-7-6-14-33-22-12-10-21(11-13-22)30(41)36-23-16-24(20-40(3)19-23)37-31-35-18-27(32)29(38-31)26-17-34-28-9-5-4-8-25(26)28/h4-13,17-18,23-24,33-34H,14-16,19-20H2,1-3H3,(H,36,41)(H,35,37,38)/b7-6+/t23-,24+/m0/s1. The summed E-state index contributed by atoms with van der Waals surface area (Å²) in [7, 11) is 6.14. The van der Waals surface area contributed by atoms with E-state index in [1.807, 2.05) is 68.8 Å². The lowest BCUT2D eigenvalue weighted by Gasteiger charge is -2.36. The van der Waals surface area contributed by atoms with Crippen LogP contribution in [0.1, 0.15) is 16.8 Å². The molecular weight excluding hydrogens is 536 g/mol. The minimum Gasteiger partial charge on any atom is -0.382 e. The molecule has 1 fully saturated rings. The number of H-pyrrole nitrogens is 1. The van der Waals surface area contributed by atoms with Crippen molar-refractivity contribution in [3.8, 4) is 11.3 Å². The topological polar surface area (TPSA) is 101 Å². The lowest BCUT2D eigenvalue weighted by molar-refractivity contribution is 0.0909. The lowest BCUT2D eigenvalue weighted by Crippen LogP contribution is -2.53. The summed E-state index contributed by atoms with van der Waals surface area (Å²) in [6.45, 7) is 3.23. The molecule has 3 heterocycles. The van der Waals surface area contributed by atoms with E-state index in [1.165, 1.54) is 0 Å². The molecule has 0 aliphatic carbocycles. The van der Waals surface area contributed by atoms with E-state index in [2.05, 4.69) is 54.9 Å². The molecule has 1 saturated heterocycles. The highest BCUT2D eigenvalue weighted by molar-refractivity contribution is 6.33. The summed E-state index contributed by atoms with van der Waals surface area (Å²) in [5.74, 6) is 0.436. The van der Waals surface area contributed by atoms with Crippen molar-refractivity contribution in [1.29, 1.82) is 0 Å². The Morgan fingerprint density at radius 3 is 2.71 bits per heavy atom. The second-order valence-electron chi connectivity index (χ2n) is 10.8. The molecule has 4 N–H and O–H groups in total. The van der Waals surface area contributed by atoms with Crippen LogP contribution in [0.4, 0.5) is 11.6 Å². The summed E-state index contributed by atoms with van der Waals surface area (Å²) < 4.78 is 0.